The van der Waals surface area contributed by atoms with Crippen LogP contribution in [0.5, 0.6) is 11.5 Å². The van der Waals surface area contributed by atoms with Gasteiger partial charge >= 0.3 is 0 Å². The van der Waals surface area contributed by atoms with Crippen LogP contribution in [-0.2, 0) is 6.42 Å². The van der Waals surface area contributed by atoms with Crippen molar-refractivity contribution in [2.45, 2.75) is 37.3 Å². The van der Waals surface area contributed by atoms with Crippen molar-refractivity contribution < 1.29 is 14.6 Å². The Labute approximate surface area is 125 Å². The Morgan fingerprint density at radius 1 is 1.29 bits per heavy atom. The largest absolute Gasteiger partial charge is 0.454 e. The first-order valence-electron chi connectivity index (χ1n) is 7.76. The monoisotopic (exact) mass is 287 g/mol. The molecule has 2 heterocycles. The minimum absolute atomic E-state index is 0.0314. The van der Waals surface area contributed by atoms with Crippen LogP contribution in [0.3, 0.4) is 0 Å². The maximum atomic E-state index is 10.3. The summed E-state index contributed by atoms with van der Waals surface area (Å²) in [4.78, 5) is 2.47. The van der Waals surface area contributed by atoms with E-state index in [1.165, 1.54) is 12.0 Å². The van der Waals surface area contributed by atoms with Gasteiger partial charge in [-0.25, -0.2) is 0 Å². The van der Waals surface area contributed by atoms with Gasteiger partial charge in [0.1, 0.15) is 0 Å². The molecule has 1 saturated heterocycles. The molecule has 1 unspecified atom stereocenters. The van der Waals surface area contributed by atoms with E-state index in [-0.39, 0.29) is 11.6 Å². The fraction of sp³-hybridized carbons (Fsp3) is 0.529. The summed E-state index contributed by atoms with van der Waals surface area (Å²) in [5, 5.41) is 10.3. The van der Waals surface area contributed by atoms with Crippen molar-refractivity contribution in [3.8, 4) is 11.5 Å². The first-order valence-corrected chi connectivity index (χ1v) is 7.76. The van der Waals surface area contributed by atoms with Gasteiger partial charge < -0.3 is 14.6 Å². The molecular formula is C17H21NO3. The molecule has 0 radical (unpaired) electrons. The SMILES string of the molecule is OC1C=CC[C@@]12CCCN2CCc1ccc2c(c1)OCO2. The quantitative estimate of drug-likeness (QED) is 0.865. The summed E-state index contributed by atoms with van der Waals surface area (Å²) in [7, 11) is 0. The van der Waals surface area contributed by atoms with E-state index in [2.05, 4.69) is 23.1 Å². The fourth-order valence-corrected chi connectivity index (χ4v) is 3.92. The summed E-state index contributed by atoms with van der Waals surface area (Å²) in [5.74, 6) is 1.69. The lowest BCUT2D eigenvalue weighted by molar-refractivity contribution is 0.0321. The van der Waals surface area contributed by atoms with Gasteiger partial charge in [0, 0.05) is 6.54 Å². The average molecular weight is 287 g/mol. The zero-order valence-electron chi connectivity index (χ0n) is 12.1. The molecule has 2 atom stereocenters. The molecule has 2 aliphatic heterocycles. The number of benzene rings is 1. The second-order valence-corrected chi connectivity index (χ2v) is 6.21. The van der Waals surface area contributed by atoms with Crippen LogP contribution < -0.4 is 9.47 Å². The summed E-state index contributed by atoms with van der Waals surface area (Å²) in [5.41, 5.74) is 1.23. The Morgan fingerprint density at radius 3 is 3.05 bits per heavy atom. The molecular weight excluding hydrogens is 266 g/mol. The molecule has 1 N–H and O–H groups in total. The predicted octanol–water partition coefficient (Wildman–Crippen LogP) is 2.11. The Hall–Kier alpha value is -1.52. The van der Waals surface area contributed by atoms with Crippen LogP contribution in [0.4, 0.5) is 0 Å². The van der Waals surface area contributed by atoms with E-state index in [9.17, 15) is 5.11 Å². The van der Waals surface area contributed by atoms with Gasteiger partial charge in [0.15, 0.2) is 11.5 Å². The first kappa shape index (κ1) is 13.2. The molecule has 1 spiro atoms. The molecule has 0 bridgehead atoms. The minimum Gasteiger partial charge on any atom is -0.454 e. The zero-order valence-corrected chi connectivity index (χ0v) is 12.1. The van der Waals surface area contributed by atoms with Crippen LogP contribution in [0.2, 0.25) is 0 Å². The molecule has 4 nitrogen and oxygen atoms in total. The van der Waals surface area contributed by atoms with Gasteiger partial charge in [0.2, 0.25) is 6.79 Å². The highest BCUT2D eigenvalue weighted by molar-refractivity contribution is 5.44. The molecule has 1 aliphatic carbocycles. The lowest BCUT2D eigenvalue weighted by atomic mass is 9.90. The molecule has 1 aromatic carbocycles. The van der Waals surface area contributed by atoms with E-state index in [0.717, 1.165) is 43.9 Å². The predicted molar refractivity (Wildman–Crippen MR) is 79.6 cm³/mol. The number of ether oxygens (including phenoxy) is 2. The summed E-state index contributed by atoms with van der Waals surface area (Å²) in [6, 6.07) is 6.18. The van der Waals surface area contributed by atoms with Gasteiger partial charge in [-0.3, -0.25) is 4.90 Å². The number of aliphatic hydroxyl groups is 1. The standard InChI is InChI=1S/C17H21NO3/c19-16-3-1-7-17(16)8-2-9-18(17)10-6-13-4-5-14-15(11-13)21-12-20-14/h1,3-5,11,16,19H,2,6-10,12H2/t16?,17-/m1/s1. The van der Waals surface area contributed by atoms with Gasteiger partial charge in [-0.05, 0) is 49.9 Å². The Balaban J connectivity index is 1.45. The summed E-state index contributed by atoms with van der Waals surface area (Å²) in [6.45, 7) is 2.40. The van der Waals surface area contributed by atoms with E-state index in [0.29, 0.717) is 6.79 Å². The van der Waals surface area contributed by atoms with Crippen molar-refractivity contribution in [1.29, 1.82) is 0 Å². The maximum absolute atomic E-state index is 10.3. The van der Waals surface area contributed by atoms with Crippen molar-refractivity contribution >= 4 is 0 Å². The van der Waals surface area contributed by atoms with Crippen LogP contribution >= 0.6 is 0 Å². The number of fused-ring (bicyclic) bond motifs is 1. The first-order chi connectivity index (χ1) is 10.3. The number of aliphatic hydroxyl groups excluding tert-OH is 1. The van der Waals surface area contributed by atoms with Crippen LogP contribution in [0.15, 0.2) is 30.4 Å². The minimum atomic E-state index is -0.309. The lowest BCUT2D eigenvalue weighted by Crippen LogP contribution is -2.50. The van der Waals surface area contributed by atoms with Crippen molar-refractivity contribution in [2.24, 2.45) is 0 Å². The lowest BCUT2D eigenvalue weighted by Gasteiger charge is -2.38. The van der Waals surface area contributed by atoms with Crippen molar-refractivity contribution in [3.63, 3.8) is 0 Å². The van der Waals surface area contributed by atoms with Gasteiger partial charge in [-0.2, -0.15) is 0 Å². The topological polar surface area (TPSA) is 41.9 Å². The molecule has 0 saturated carbocycles. The second-order valence-electron chi connectivity index (χ2n) is 6.21. The molecule has 21 heavy (non-hydrogen) atoms. The molecule has 1 fully saturated rings. The highest BCUT2D eigenvalue weighted by Gasteiger charge is 2.46. The Morgan fingerprint density at radius 2 is 2.19 bits per heavy atom. The van der Waals surface area contributed by atoms with Crippen LogP contribution in [-0.4, -0.2) is 41.5 Å². The maximum Gasteiger partial charge on any atom is 0.231 e. The van der Waals surface area contributed by atoms with Crippen LogP contribution in [0, 0.1) is 0 Å². The van der Waals surface area contributed by atoms with Gasteiger partial charge in [-0.15, -0.1) is 0 Å². The van der Waals surface area contributed by atoms with Gasteiger partial charge in [0.05, 0.1) is 11.6 Å². The molecule has 3 aliphatic rings. The summed E-state index contributed by atoms with van der Waals surface area (Å²) < 4.78 is 10.8. The highest BCUT2D eigenvalue weighted by atomic mass is 16.7. The summed E-state index contributed by atoms with van der Waals surface area (Å²) >= 11 is 0. The molecule has 1 aromatic rings. The third-order valence-electron chi connectivity index (χ3n) is 5.12. The molecule has 0 amide bonds. The van der Waals surface area contributed by atoms with E-state index >= 15 is 0 Å². The average Bonchev–Trinajstić information content (AvgIpc) is 3.19. The number of hydrogen-bond acceptors (Lipinski definition) is 4. The van der Waals surface area contributed by atoms with E-state index < -0.39 is 0 Å². The van der Waals surface area contributed by atoms with Crippen LogP contribution in [0.1, 0.15) is 24.8 Å². The van der Waals surface area contributed by atoms with Gasteiger partial charge in [0.25, 0.3) is 0 Å². The number of likely N-dealkylation sites (tertiary alicyclic amines) is 1. The second kappa shape index (κ2) is 5.04. The molecule has 4 heteroatoms. The fourth-order valence-electron chi connectivity index (χ4n) is 3.92. The van der Waals surface area contributed by atoms with Crippen molar-refractivity contribution in [3.05, 3.63) is 35.9 Å². The third-order valence-corrected chi connectivity index (χ3v) is 5.12. The van der Waals surface area contributed by atoms with E-state index in [1.54, 1.807) is 0 Å². The molecule has 112 valence electrons. The number of hydrogen-bond donors (Lipinski definition) is 1. The Bertz CT molecular complexity index is 571. The molecule has 0 aromatic heterocycles. The zero-order chi connectivity index (χ0) is 14.3. The van der Waals surface area contributed by atoms with Crippen LogP contribution in [0.25, 0.3) is 0 Å². The van der Waals surface area contributed by atoms with Crippen molar-refractivity contribution in [2.75, 3.05) is 19.9 Å². The smallest absolute Gasteiger partial charge is 0.231 e. The highest BCUT2D eigenvalue weighted by Crippen LogP contribution is 2.40. The third kappa shape index (κ3) is 2.14. The normalized spacial score (nSPS) is 30.6. The van der Waals surface area contributed by atoms with Crippen molar-refractivity contribution in [1.82, 2.24) is 4.90 Å². The number of rotatable bonds is 3. The Kier molecular flexibility index (Phi) is 3.16. The van der Waals surface area contributed by atoms with E-state index in [1.807, 2.05) is 12.1 Å². The number of nitrogens with zero attached hydrogens (tertiary/aromatic N) is 1. The van der Waals surface area contributed by atoms with E-state index in [4.69, 9.17) is 9.47 Å². The van der Waals surface area contributed by atoms with Gasteiger partial charge in [-0.1, -0.05) is 18.2 Å². The molecule has 4 rings (SSSR count). The summed E-state index contributed by atoms with van der Waals surface area (Å²) in [6.07, 6.45) is 8.02.